The molecule has 1 unspecified atom stereocenters. The molecule has 44 heavy (non-hydrogen) atoms. The largest absolute Gasteiger partial charge is 0.507 e. The van der Waals surface area contributed by atoms with Crippen LogP contribution in [0.3, 0.4) is 0 Å². The highest BCUT2D eigenvalue weighted by molar-refractivity contribution is 5.91. The molecule has 6 rings (SSSR count). The van der Waals surface area contributed by atoms with E-state index >= 15 is 0 Å². The Balaban J connectivity index is 1.48. The van der Waals surface area contributed by atoms with Gasteiger partial charge in [0.1, 0.15) is 29.0 Å². The van der Waals surface area contributed by atoms with E-state index in [2.05, 4.69) is 0 Å². The molecule has 0 radical (unpaired) electrons. The standard InChI is InChI=1S/C32H34O12/c1-31(2,41)17-4-5-32(3)12-16(17)25-23(44-32)11-18(33)15-10-24(42-30(40)14-8-21(36)27(39)22(37)9-14)28(43-29(15)25)13-6-19(34)26(38)20(35)7-13/h6-9,11,16-17,24,28,33-39,41H,4-5,10,12H2,1-3H3/t16-,17+,24+,28+,32?/m0/s1. The summed E-state index contributed by atoms with van der Waals surface area (Å²) in [5, 5.41) is 82.4. The molecule has 0 saturated heterocycles. The Morgan fingerprint density at radius 2 is 1.50 bits per heavy atom. The summed E-state index contributed by atoms with van der Waals surface area (Å²) < 4.78 is 18.7. The van der Waals surface area contributed by atoms with Crippen molar-refractivity contribution in [3.8, 4) is 51.7 Å². The van der Waals surface area contributed by atoms with Gasteiger partial charge in [-0.05, 0) is 70.2 Å². The number of fused-ring (bicyclic) bond motifs is 6. The summed E-state index contributed by atoms with van der Waals surface area (Å²) in [6, 6.07) is 5.59. The van der Waals surface area contributed by atoms with Crippen LogP contribution < -0.4 is 9.47 Å². The van der Waals surface area contributed by atoms with Crippen LogP contribution in [0.25, 0.3) is 0 Å². The highest BCUT2D eigenvalue weighted by Crippen LogP contribution is 2.60. The lowest BCUT2D eigenvalue weighted by atomic mass is 9.62. The molecule has 0 aromatic heterocycles. The first kappa shape index (κ1) is 29.4. The zero-order valence-corrected chi connectivity index (χ0v) is 24.2. The van der Waals surface area contributed by atoms with E-state index in [1.807, 2.05) is 6.92 Å². The van der Waals surface area contributed by atoms with Gasteiger partial charge in [-0.25, -0.2) is 4.79 Å². The molecule has 12 nitrogen and oxygen atoms in total. The number of rotatable bonds is 4. The Bertz CT molecular complexity index is 1630. The number of phenols is 7. The number of benzene rings is 3. The number of aromatic hydroxyl groups is 7. The van der Waals surface area contributed by atoms with E-state index in [1.165, 1.54) is 6.07 Å². The van der Waals surface area contributed by atoms with Crippen LogP contribution >= 0.6 is 0 Å². The van der Waals surface area contributed by atoms with Gasteiger partial charge in [0.15, 0.2) is 40.6 Å². The Kier molecular flexibility index (Phi) is 6.62. The van der Waals surface area contributed by atoms with E-state index in [4.69, 9.17) is 14.2 Å². The van der Waals surface area contributed by atoms with Crippen LogP contribution in [0.2, 0.25) is 0 Å². The third-order valence-electron chi connectivity index (χ3n) is 9.09. The van der Waals surface area contributed by atoms with Crippen molar-refractivity contribution in [1.29, 1.82) is 0 Å². The molecular formula is C32H34O12. The lowest BCUT2D eigenvalue weighted by molar-refractivity contribution is -0.0685. The van der Waals surface area contributed by atoms with Gasteiger partial charge in [0.2, 0.25) is 0 Å². The number of hydrogen-bond acceptors (Lipinski definition) is 12. The molecule has 0 amide bonds. The number of phenolic OH excluding ortho intramolecular Hbond substituents is 7. The van der Waals surface area contributed by atoms with E-state index in [-0.39, 0.29) is 40.9 Å². The van der Waals surface area contributed by atoms with Crippen LogP contribution in [0, 0.1) is 5.92 Å². The van der Waals surface area contributed by atoms with Crippen molar-refractivity contribution in [2.45, 2.75) is 75.8 Å². The molecule has 2 aliphatic heterocycles. The molecule has 2 bridgehead atoms. The van der Waals surface area contributed by atoms with Crippen molar-refractivity contribution in [2.75, 3.05) is 0 Å². The minimum atomic E-state index is -1.20. The summed E-state index contributed by atoms with van der Waals surface area (Å²) in [6.45, 7) is 5.49. The fourth-order valence-corrected chi connectivity index (χ4v) is 6.94. The van der Waals surface area contributed by atoms with E-state index in [0.29, 0.717) is 36.1 Å². The summed E-state index contributed by atoms with van der Waals surface area (Å²) in [5.41, 5.74) is -0.809. The molecule has 1 fully saturated rings. The number of ether oxygens (including phenoxy) is 3. The van der Waals surface area contributed by atoms with Gasteiger partial charge >= 0.3 is 5.97 Å². The fraction of sp³-hybridized carbons (Fsp3) is 0.406. The van der Waals surface area contributed by atoms with Gasteiger partial charge in [0.25, 0.3) is 0 Å². The van der Waals surface area contributed by atoms with Crippen LogP contribution in [0.1, 0.15) is 79.1 Å². The van der Waals surface area contributed by atoms with Gasteiger partial charge in [-0.3, -0.25) is 0 Å². The van der Waals surface area contributed by atoms with Crippen molar-refractivity contribution < 1.29 is 59.9 Å². The van der Waals surface area contributed by atoms with Crippen molar-refractivity contribution >= 4 is 5.97 Å². The predicted molar refractivity (Wildman–Crippen MR) is 153 cm³/mol. The molecule has 5 atom stereocenters. The second kappa shape index (κ2) is 9.91. The SMILES string of the molecule is CC12CC[C@@H](C(C)(C)O)[C@H](C1)c1c(cc(O)c3c1O[C@H](c1cc(O)c(O)c(O)c1)[C@H](OC(=O)c1cc(O)c(O)c(O)c1)C3)O2. The second-order valence-electron chi connectivity index (χ2n) is 12.7. The number of carbonyl (C=O) groups is 1. The van der Waals surface area contributed by atoms with Crippen molar-refractivity contribution in [3.05, 3.63) is 52.6 Å². The molecule has 0 spiro atoms. The topological polar surface area (TPSA) is 207 Å². The maximum absolute atomic E-state index is 13.2. The Morgan fingerprint density at radius 1 is 0.909 bits per heavy atom. The zero-order chi connectivity index (χ0) is 31.9. The summed E-state index contributed by atoms with van der Waals surface area (Å²) in [6.07, 6.45) is -0.563. The fourth-order valence-electron chi connectivity index (χ4n) is 6.94. The van der Waals surface area contributed by atoms with Gasteiger partial charge in [-0.1, -0.05) is 0 Å². The maximum atomic E-state index is 13.2. The van der Waals surface area contributed by atoms with Crippen LogP contribution in [0.15, 0.2) is 30.3 Å². The number of carbonyl (C=O) groups excluding carboxylic acids is 1. The Morgan fingerprint density at radius 3 is 2.09 bits per heavy atom. The Hall–Kier alpha value is -4.71. The molecule has 3 aromatic rings. The lowest BCUT2D eigenvalue weighted by Gasteiger charge is -2.51. The van der Waals surface area contributed by atoms with Gasteiger partial charge in [-0.15, -0.1) is 0 Å². The van der Waals surface area contributed by atoms with Crippen LogP contribution in [-0.4, -0.2) is 64.1 Å². The number of hydrogen-bond donors (Lipinski definition) is 8. The van der Waals surface area contributed by atoms with Crippen LogP contribution in [-0.2, 0) is 11.2 Å². The Labute approximate surface area is 251 Å². The smallest absolute Gasteiger partial charge is 0.338 e. The molecular weight excluding hydrogens is 576 g/mol. The summed E-state index contributed by atoms with van der Waals surface area (Å²) in [4.78, 5) is 13.2. The lowest BCUT2D eigenvalue weighted by Crippen LogP contribution is -2.49. The van der Waals surface area contributed by atoms with Crippen LogP contribution in [0.5, 0.6) is 51.7 Å². The molecule has 2 heterocycles. The minimum absolute atomic E-state index is 0.111. The third kappa shape index (κ3) is 4.79. The number of esters is 1. The molecule has 234 valence electrons. The molecule has 1 aliphatic carbocycles. The predicted octanol–water partition coefficient (Wildman–Crippen LogP) is 4.33. The average molecular weight is 611 g/mol. The summed E-state index contributed by atoms with van der Waals surface area (Å²) in [5.74, 6) is -5.34. The summed E-state index contributed by atoms with van der Waals surface area (Å²) in [7, 11) is 0. The van der Waals surface area contributed by atoms with E-state index in [9.17, 15) is 45.6 Å². The summed E-state index contributed by atoms with van der Waals surface area (Å²) >= 11 is 0. The first-order chi connectivity index (χ1) is 20.6. The molecule has 1 saturated carbocycles. The van der Waals surface area contributed by atoms with Gasteiger partial charge < -0.3 is 55.1 Å². The van der Waals surface area contributed by atoms with Crippen molar-refractivity contribution in [2.24, 2.45) is 5.92 Å². The first-order valence-corrected chi connectivity index (χ1v) is 14.2. The second-order valence-corrected chi connectivity index (χ2v) is 12.7. The zero-order valence-electron chi connectivity index (χ0n) is 24.2. The van der Waals surface area contributed by atoms with Crippen molar-refractivity contribution in [1.82, 2.24) is 0 Å². The van der Waals surface area contributed by atoms with Crippen LogP contribution in [0.4, 0.5) is 0 Å². The normalized spacial score (nSPS) is 25.6. The highest BCUT2D eigenvalue weighted by Gasteiger charge is 2.52. The van der Waals surface area contributed by atoms with E-state index < -0.39 is 63.9 Å². The maximum Gasteiger partial charge on any atom is 0.338 e. The van der Waals surface area contributed by atoms with Gasteiger partial charge in [0, 0.05) is 35.1 Å². The van der Waals surface area contributed by atoms with Gasteiger partial charge in [-0.2, -0.15) is 0 Å². The highest BCUT2D eigenvalue weighted by atomic mass is 16.6. The minimum Gasteiger partial charge on any atom is -0.507 e. The quantitative estimate of drug-likeness (QED) is 0.153. The monoisotopic (exact) mass is 610 g/mol. The average Bonchev–Trinajstić information content (AvgIpc) is 2.93. The third-order valence-corrected chi connectivity index (χ3v) is 9.09. The number of aliphatic hydroxyl groups is 1. The van der Waals surface area contributed by atoms with Crippen molar-refractivity contribution in [3.63, 3.8) is 0 Å². The molecule has 3 aliphatic rings. The van der Waals surface area contributed by atoms with E-state index in [0.717, 1.165) is 24.3 Å². The van der Waals surface area contributed by atoms with E-state index in [1.54, 1.807) is 13.8 Å². The first-order valence-electron chi connectivity index (χ1n) is 14.2. The molecule has 12 heteroatoms. The molecule has 8 N–H and O–H groups in total. The van der Waals surface area contributed by atoms with Gasteiger partial charge in [0.05, 0.1) is 11.2 Å². The molecule has 3 aromatic carbocycles.